The molecule has 0 bridgehead atoms. The van der Waals surface area contributed by atoms with E-state index in [-0.39, 0.29) is 0 Å². The lowest BCUT2D eigenvalue weighted by Gasteiger charge is -2.26. The Morgan fingerprint density at radius 2 is 1.79 bits per heavy atom. The number of hydrogen-bond donors (Lipinski definition) is 1. The summed E-state index contributed by atoms with van der Waals surface area (Å²) in [5.74, 6) is 0.295. The van der Waals surface area contributed by atoms with Gasteiger partial charge in [-0.1, -0.05) is 0 Å². The van der Waals surface area contributed by atoms with Crippen LogP contribution in [0, 0.1) is 12.7 Å². The maximum absolute atomic E-state index is 15.0. The smallest absolute Gasteiger partial charge is 0.376 e. The van der Waals surface area contributed by atoms with E-state index in [0.717, 1.165) is 23.3 Å². The van der Waals surface area contributed by atoms with Crippen molar-refractivity contribution in [3.63, 3.8) is 0 Å². The van der Waals surface area contributed by atoms with Gasteiger partial charge in [0.25, 0.3) is 0 Å². The van der Waals surface area contributed by atoms with Gasteiger partial charge >= 0.3 is 6.18 Å². The fraction of sp³-hybridized carbons (Fsp3) is 0.300. The summed E-state index contributed by atoms with van der Waals surface area (Å²) in [7, 11) is 0. The second-order valence-corrected chi connectivity index (χ2v) is 7.15. The molecule has 3 aromatic rings. The normalized spacial score (nSPS) is 15.7. The van der Waals surface area contributed by atoms with E-state index in [1.54, 1.807) is 16.8 Å². The van der Waals surface area contributed by atoms with E-state index in [1.807, 2.05) is 6.92 Å². The number of benzene rings is 1. The van der Waals surface area contributed by atoms with Crippen molar-refractivity contribution in [1.82, 2.24) is 14.5 Å². The molecule has 0 saturated carbocycles. The van der Waals surface area contributed by atoms with Crippen LogP contribution in [0.3, 0.4) is 0 Å². The SMILES string of the molecule is Cc1cnc2n1-c1c(F)cc(-c3cncc(C(C)(O)C(F)(F)F)c3)cc1CC2. The summed E-state index contributed by atoms with van der Waals surface area (Å²) >= 11 is 0. The van der Waals surface area contributed by atoms with Crippen molar-refractivity contribution in [2.24, 2.45) is 0 Å². The van der Waals surface area contributed by atoms with E-state index >= 15 is 0 Å². The zero-order valence-corrected chi connectivity index (χ0v) is 15.2. The Bertz CT molecular complexity index is 1070. The molecule has 0 aliphatic carbocycles. The maximum atomic E-state index is 15.0. The maximum Gasteiger partial charge on any atom is 0.421 e. The number of pyridine rings is 1. The molecule has 1 atom stereocenters. The van der Waals surface area contributed by atoms with Gasteiger partial charge in [-0.2, -0.15) is 13.2 Å². The highest BCUT2D eigenvalue weighted by Crippen LogP contribution is 2.40. The van der Waals surface area contributed by atoms with Crippen molar-refractivity contribution in [2.45, 2.75) is 38.5 Å². The minimum absolute atomic E-state index is 0.303. The molecule has 0 spiro atoms. The van der Waals surface area contributed by atoms with Gasteiger partial charge in [0, 0.05) is 41.8 Å². The molecule has 1 aliphatic rings. The minimum Gasteiger partial charge on any atom is -0.376 e. The van der Waals surface area contributed by atoms with Crippen LogP contribution in [0.5, 0.6) is 0 Å². The monoisotopic (exact) mass is 391 g/mol. The first-order valence-electron chi connectivity index (χ1n) is 8.70. The lowest BCUT2D eigenvalue weighted by Crippen LogP contribution is -2.39. The highest BCUT2D eigenvalue weighted by atomic mass is 19.4. The molecule has 0 fully saturated rings. The van der Waals surface area contributed by atoms with Crippen LogP contribution in [-0.4, -0.2) is 25.8 Å². The molecule has 1 N–H and O–H groups in total. The first-order chi connectivity index (χ1) is 13.1. The van der Waals surface area contributed by atoms with Crippen LogP contribution < -0.4 is 0 Å². The average Bonchev–Trinajstić information content (AvgIpc) is 3.02. The van der Waals surface area contributed by atoms with Crippen molar-refractivity contribution in [3.8, 4) is 16.8 Å². The summed E-state index contributed by atoms with van der Waals surface area (Å²) in [4.78, 5) is 8.12. The standard InChI is InChI=1S/C20H17F4N3O/c1-11-8-26-17-4-3-12-5-13(7-16(21)18(12)27(11)17)14-6-15(10-25-9-14)19(2,28)20(22,23)24/h5-10,28H,3-4H2,1-2H3. The molecule has 146 valence electrons. The number of nitrogens with zero attached hydrogens (tertiary/aromatic N) is 3. The number of alkyl halides is 3. The van der Waals surface area contributed by atoms with E-state index in [4.69, 9.17) is 0 Å². The van der Waals surface area contributed by atoms with Crippen LogP contribution in [0.2, 0.25) is 0 Å². The molecule has 2 aromatic heterocycles. The van der Waals surface area contributed by atoms with Gasteiger partial charge in [-0.05, 0) is 49.6 Å². The van der Waals surface area contributed by atoms with Crippen LogP contribution in [0.1, 0.15) is 29.6 Å². The fourth-order valence-corrected chi connectivity index (χ4v) is 3.51. The molecule has 0 radical (unpaired) electrons. The third kappa shape index (κ3) is 2.79. The second kappa shape index (κ2) is 6.13. The zero-order valence-electron chi connectivity index (χ0n) is 15.2. The number of fused-ring (bicyclic) bond motifs is 3. The highest BCUT2D eigenvalue weighted by Gasteiger charge is 2.51. The average molecular weight is 391 g/mol. The molecule has 3 heterocycles. The van der Waals surface area contributed by atoms with E-state index < -0.39 is 23.2 Å². The molecule has 8 heteroatoms. The third-order valence-corrected chi connectivity index (χ3v) is 5.18. The summed E-state index contributed by atoms with van der Waals surface area (Å²) in [6.07, 6.45) is 0.365. The summed E-state index contributed by atoms with van der Waals surface area (Å²) < 4.78 is 56.2. The Balaban J connectivity index is 1.82. The van der Waals surface area contributed by atoms with Crippen molar-refractivity contribution >= 4 is 0 Å². The van der Waals surface area contributed by atoms with Gasteiger partial charge in [0.2, 0.25) is 0 Å². The largest absolute Gasteiger partial charge is 0.421 e. The predicted octanol–water partition coefficient (Wildman–Crippen LogP) is 4.25. The summed E-state index contributed by atoms with van der Waals surface area (Å²) in [6.45, 7) is 2.51. The number of hydrogen-bond acceptors (Lipinski definition) is 3. The van der Waals surface area contributed by atoms with E-state index in [9.17, 15) is 22.7 Å². The number of halogens is 4. The third-order valence-electron chi connectivity index (χ3n) is 5.18. The summed E-state index contributed by atoms with van der Waals surface area (Å²) in [5, 5.41) is 9.91. The number of imidazole rings is 1. The number of rotatable bonds is 2. The Morgan fingerprint density at radius 1 is 1.04 bits per heavy atom. The van der Waals surface area contributed by atoms with Gasteiger partial charge in [-0.3, -0.25) is 9.55 Å². The Hall–Kier alpha value is -2.74. The van der Waals surface area contributed by atoms with Crippen molar-refractivity contribution in [3.05, 3.63) is 65.3 Å². The zero-order chi connectivity index (χ0) is 20.3. The molecular weight excluding hydrogens is 374 g/mol. The molecule has 1 aliphatic heterocycles. The number of aromatic nitrogens is 3. The van der Waals surface area contributed by atoms with Crippen molar-refractivity contribution in [2.75, 3.05) is 0 Å². The molecular formula is C20H17F4N3O. The van der Waals surface area contributed by atoms with Crippen LogP contribution in [-0.2, 0) is 18.4 Å². The lowest BCUT2D eigenvalue weighted by molar-refractivity contribution is -0.259. The molecule has 1 aromatic carbocycles. The first-order valence-corrected chi connectivity index (χ1v) is 8.70. The molecule has 4 rings (SSSR count). The minimum atomic E-state index is -4.86. The van der Waals surface area contributed by atoms with Crippen LogP contribution in [0.4, 0.5) is 17.6 Å². The Kier molecular flexibility index (Phi) is 4.08. The van der Waals surface area contributed by atoms with Crippen molar-refractivity contribution < 1.29 is 22.7 Å². The quantitative estimate of drug-likeness (QED) is 0.665. The first kappa shape index (κ1) is 18.6. The fourth-order valence-electron chi connectivity index (χ4n) is 3.51. The topological polar surface area (TPSA) is 50.9 Å². The molecule has 1 unspecified atom stereocenters. The number of aliphatic hydroxyl groups is 1. The predicted molar refractivity (Wildman–Crippen MR) is 94.5 cm³/mol. The van der Waals surface area contributed by atoms with Crippen LogP contribution in [0.25, 0.3) is 16.8 Å². The summed E-state index contributed by atoms with van der Waals surface area (Å²) in [5.41, 5.74) is -0.758. The molecule has 0 amide bonds. The van der Waals surface area contributed by atoms with E-state index in [0.29, 0.717) is 36.6 Å². The lowest BCUT2D eigenvalue weighted by atomic mass is 9.92. The Morgan fingerprint density at radius 3 is 2.50 bits per heavy atom. The van der Waals surface area contributed by atoms with Crippen LogP contribution in [0.15, 0.2) is 36.8 Å². The van der Waals surface area contributed by atoms with Crippen molar-refractivity contribution in [1.29, 1.82) is 0 Å². The van der Waals surface area contributed by atoms with Gasteiger partial charge in [0.1, 0.15) is 11.6 Å². The van der Waals surface area contributed by atoms with E-state index in [2.05, 4.69) is 9.97 Å². The molecule has 28 heavy (non-hydrogen) atoms. The number of aryl methyl sites for hydroxylation is 3. The van der Waals surface area contributed by atoms with Gasteiger partial charge < -0.3 is 5.11 Å². The van der Waals surface area contributed by atoms with Crippen LogP contribution >= 0.6 is 0 Å². The van der Waals surface area contributed by atoms with Gasteiger partial charge in [0.05, 0.1) is 5.69 Å². The van der Waals surface area contributed by atoms with Gasteiger partial charge in [0.15, 0.2) is 5.60 Å². The Labute approximate surface area is 158 Å². The molecule has 0 saturated heterocycles. The van der Waals surface area contributed by atoms with Gasteiger partial charge in [-0.25, -0.2) is 9.37 Å². The molecule has 4 nitrogen and oxygen atoms in total. The van der Waals surface area contributed by atoms with Gasteiger partial charge in [-0.15, -0.1) is 0 Å². The second-order valence-electron chi connectivity index (χ2n) is 7.15. The highest BCUT2D eigenvalue weighted by molar-refractivity contribution is 5.67. The summed E-state index contributed by atoms with van der Waals surface area (Å²) in [6, 6.07) is 4.22. The van der Waals surface area contributed by atoms with E-state index in [1.165, 1.54) is 18.3 Å².